The molecule has 0 unspecified atom stereocenters. The zero-order valence-corrected chi connectivity index (χ0v) is 12.5. The van der Waals surface area contributed by atoms with Gasteiger partial charge in [-0.3, -0.25) is 0 Å². The van der Waals surface area contributed by atoms with Gasteiger partial charge in [-0.05, 0) is 35.4 Å². The first-order valence-corrected chi connectivity index (χ1v) is 6.90. The number of benzene rings is 1. The van der Waals surface area contributed by atoms with E-state index in [9.17, 15) is 4.39 Å². The van der Waals surface area contributed by atoms with Crippen molar-refractivity contribution in [1.82, 2.24) is 14.5 Å². The molecule has 2 aromatic heterocycles. The van der Waals surface area contributed by atoms with E-state index in [-0.39, 0.29) is 16.1 Å². The zero-order chi connectivity index (χ0) is 15.0. The van der Waals surface area contributed by atoms with Crippen molar-refractivity contribution in [1.29, 1.82) is 0 Å². The Labute approximate surface area is 131 Å². The second-order valence-electron chi connectivity index (χ2n) is 4.58. The predicted molar refractivity (Wildman–Crippen MR) is 81.9 cm³/mol. The molecule has 0 radical (unpaired) electrons. The molecule has 0 saturated heterocycles. The average Bonchev–Trinajstić information content (AvgIpc) is 2.83. The van der Waals surface area contributed by atoms with Gasteiger partial charge in [0.2, 0.25) is 0 Å². The number of hydrogen-bond acceptors (Lipinski definition) is 2. The van der Waals surface area contributed by atoms with Gasteiger partial charge in [-0.1, -0.05) is 29.3 Å². The standard InChI is InChI=1S/C15H10Cl2FN3/c1-21-8-19-7-13(21)12-6-10(18)2-3-11(12)9-4-14(16)20-15(17)5-9/h2-8H,1H3. The maximum Gasteiger partial charge on any atom is 0.131 e. The van der Waals surface area contributed by atoms with Crippen LogP contribution in [0.25, 0.3) is 22.4 Å². The third-order valence-electron chi connectivity index (χ3n) is 3.15. The van der Waals surface area contributed by atoms with Gasteiger partial charge in [-0.15, -0.1) is 0 Å². The summed E-state index contributed by atoms with van der Waals surface area (Å²) in [4.78, 5) is 8.00. The SMILES string of the molecule is Cn1cncc1-c1cc(F)ccc1-c1cc(Cl)nc(Cl)c1. The Bertz CT molecular complexity index is 794. The van der Waals surface area contributed by atoms with Gasteiger partial charge in [-0.25, -0.2) is 14.4 Å². The number of hydrogen-bond donors (Lipinski definition) is 0. The molecule has 0 aliphatic heterocycles. The lowest BCUT2D eigenvalue weighted by Crippen LogP contribution is -1.94. The van der Waals surface area contributed by atoms with Gasteiger partial charge in [0, 0.05) is 12.6 Å². The van der Waals surface area contributed by atoms with Gasteiger partial charge in [0.15, 0.2) is 0 Å². The van der Waals surface area contributed by atoms with Gasteiger partial charge in [0.05, 0.1) is 18.2 Å². The van der Waals surface area contributed by atoms with Crippen molar-refractivity contribution >= 4 is 23.2 Å². The second kappa shape index (κ2) is 5.47. The normalized spacial score (nSPS) is 10.9. The Morgan fingerprint density at radius 2 is 1.76 bits per heavy atom. The van der Waals surface area contributed by atoms with E-state index in [0.29, 0.717) is 5.56 Å². The molecule has 2 heterocycles. The Hall–Kier alpha value is -1.91. The van der Waals surface area contributed by atoms with Crippen LogP contribution in [0.3, 0.4) is 0 Å². The highest BCUT2D eigenvalue weighted by atomic mass is 35.5. The number of nitrogens with zero attached hydrogens (tertiary/aromatic N) is 3. The molecule has 0 N–H and O–H groups in total. The smallest absolute Gasteiger partial charge is 0.131 e. The molecular weight excluding hydrogens is 312 g/mol. The van der Waals surface area contributed by atoms with Crippen LogP contribution < -0.4 is 0 Å². The van der Waals surface area contributed by atoms with Crippen LogP contribution in [0, 0.1) is 5.82 Å². The topological polar surface area (TPSA) is 30.7 Å². The molecule has 0 amide bonds. The van der Waals surface area contributed by atoms with E-state index >= 15 is 0 Å². The summed E-state index contributed by atoms with van der Waals surface area (Å²) in [7, 11) is 1.85. The summed E-state index contributed by atoms with van der Waals surface area (Å²) in [5.74, 6) is -0.318. The molecule has 0 atom stereocenters. The molecule has 0 fully saturated rings. The molecular formula is C15H10Cl2FN3. The lowest BCUT2D eigenvalue weighted by atomic mass is 9.98. The van der Waals surface area contributed by atoms with Crippen LogP contribution in [0.5, 0.6) is 0 Å². The predicted octanol–water partition coefficient (Wildman–Crippen LogP) is 4.60. The summed E-state index contributed by atoms with van der Waals surface area (Å²) in [5, 5.41) is 0.579. The highest BCUT2D eigenvalue weighted by molar-refractivity contribution is 6.32. The minimum Gasteiger partial charge on any atom is -0.334 e. The molecule has 3 rings (SSSR count). The third kappa shape index (κ3) is 2.77. The molecule has 1 aromatic carbocycles. The third-order valence-corrected chi connectivity index (χ3v) is 3.54. The van der Waals surface area contributed by atoms with Crippen molar-refractivity contribution in [2.45, 2.75) is 0 Å². The first kappa shape index (κ1) is 14.0. The van der Waals surface area contributed by atoms with Crippen LogP contribution in [-0.2, 0) is 7.05 Å². The van der Waals surface area contributed by atoms with E-state index < -0.39 is 0 Å². The summed E-state index contributed by atoms with van der Waals surface area (Å²) in [6.45, 7) is 0. The van der Waals surface area contributed by atoms with Crippen LogP contribution in [0.2, 0.25) is 10.3 Å². The van der Waals surface area contributed by atoms with Crippen LogP contribution in [-0.4, -0.2) is 14.5 Å². The maximum atomic E-state index is 13.7. The van der Waals surface area contributed by atoms with Crippen LogP contribution in [0.4, 0.5) is 4.39 Å². The van der Waals surface area contributed by atoms with E-state index in [1.165, 1.54) is 12.1 Å². The van der Waals surface area contributed by atoms with Crippen molar-refractivity contribution in [3.63, 3.8) is 0 Å². The molecule has 21 heavy (non-hydrogen) atoms. The lowest BCUT2D eigenvalue weighted by molar-refractivity contribution is 0.628. The minimum atomic E-state index is -0.318. The maximum absolute atomic E-state index is 13.7. The zero-order valence-electron chi connectivity index (χ0n) is 11.0. The number of aromatic nitrogens is 3. The Morgan fingerprint density at radius 3 is 2.38 bits per heavy atom. The Balaban J connectivity index is 2.26. The molecule has 6 heteroatoms. The molecule has 0 aliphatic carbocycles. The fourth-order valence-electron chi connectivity index (χ4n) is 2.22. The molecule has 3 nitrogen and oxygen atoms in total. The fourth-order valence-corrected chi connectivity index (χ4v) is 2.68. The molecule has 0 aliphatic rings. The van der Waals surface area contributed by atoms with E-state index in [0.717, 1.165) is 16.8 Å². The number of halogens is 3. The summed E-state index contributed by atoms with van der Waals surface area (Å²) in [6, 6.07) is 7.95. The van der Waals surface area contributed by atoms with Crippen molar-refractivity contribution in [2.24, 2.45) is 7.05 Å². The number of pyridine rings is 1. The lowest BCUT2D eigenvalue weighted by Gasteiger charge is -2.11. The van der Waals surface area contributed by atoms with Crippen LogP contribution >= 0.6 is 23.2 Å². The number of aryl methyl sites for hydroxylation is 1. The van der Waals surface area contributed by atoms with Gasteiger partial charge >= 0.3 is 0 Å². The highest BCUT2D eigenvalue weighted by Crippen LogP contribution is 2.34. The first-order valence-electron chi connectivity index (χ1n) is 6.14. The average molecular weight is 322 g/mol. The summed E-state index contributed by atoms with van der Waals surface area (Å²) >= 11 is 11.9. The van der Waals surface area contributed by atoms with E-state index in [1.54, 1.807) is 30.7 Å². The van der Waals surface area contributed by atoms with Gasteiger partial charge in [0.25, 0.3) is 0 Å². The van der Waals surface area contributed by atoms with Crippen LogP contribution in [0.1, 0.15) is 0 Å². The fraction of sp³-hybridized carbons (Fsp3) is 0.0667. The summed E-state index contributed by atoms with van der Waals surface area (Å²) < 4.78 is 15.5. The number of rotatable bonds is 2. The first-order chi connectivity index (χ1) is 10.0. The van der Waals surface area contributed by atoms with Crippen LogP contribution in [0.15, 0.2) is 42.9 Å². The molecule has 0 bridgehead atoms. The van der Waals surface area contributed by atoms with Gasteiger partial charge in [0.1, 0.15) is 16.1 Å². The minimum absolute atomic E-state index is 0.290. The van der Waals surface area contributed by atoms with Gasteiger partial charge in [-0.2, -0.15) is 0 Å². The van der Waals surface area contributed by atoms with Gasteiger partial charge < -0.3 is 4.57 Å². The van der Waals surface area contributed by atoms with Crippen molar-refractivity contribution in [3.8, 4) is 22.4 Å². The Morgan fingerprint density at radius 1 is 1.05 bits per heavy atom. The van der Waals surface area contributed by atoms with E-state index in [4.69, 9.17) is 23.2 Å². The quantitative estimate of drug-likeness (QED) is 0.646. The number of imidazole rings is 1. The van der Waals surface area contributed by atoms with Crippen molar-refractivity contribution < 1.29 is 4.39 Å². The second-order valence-corrected chi connectivity index (χ2v) is 5.36. The highest BCUT2D eigenvalue weighted by Gasteiger charge is 2.13. The summed E-state index contributed by atoms with van der Waals surface area (Å²) in [5.41, 5.74) is 3.10. The molecule has 106 valence electrons. The molecule has 3 aromatic rings. The van der Waals surface area contributed by atoms with Crippen molar-refractivity contribution in [3.05, 3.63) is 59.0 Å². The molecule has 0 saturated carbocycles. The summed E-state index contributed by atoms with van der Waals surface area (Å²) in [6.07, 6.45) is 3.35. The Kier molecular flexibility index (Phi) is 3.66. The largest absolute Gasteiger partial charge is 0.334 e. The molecule has 0 spiro atoms. The van der Waals surface area contributed by atoms with E-state index in [2.05, 4.69) is 9.97 Å². The van der Waals surface area contributed by atoms with E-state index in [1.807, 2.05) is 11.6 Å². The monoisotopic (exact) mass is 321 g/mol. The van der Waals surface area contributed by atoms with Crippen molar-refractivity contribution in [2.75, 3.05) is 0 Å².